The second-order valence-corrected chi connectivity index (χ2v) is 11.4. The number of halogens is 1. The Morgan fingerprint density at radius 3 is 2.64 bits per heavy atom. The molecule has 1 aromatic heterocycles. The van der Waals surface area contributed by atoms with E-state index in [1.54, 1.807) is 11.8 Å². The lowest BCUT2D eigenvalue weighted by atomic mass is 10.0. The Morgan fingerprint density at radius 2 is 1.81 bits per heavy atom. The van der Waals surface area contributed by atoms with E-state index in [0.717, 1.165) is 69.1 Å². The van der Waals surface area contributed by atoms with E-state index >= 15 is 0 Å². The van der Waals surface area contributed by atoms with Crippen molar-refractivity contribution in [1.82, 2.24) is 24.5 Å². The van der Waals surface area contributed by atoms with Crippen molar-refractivity contribution in [3.8, 4) is 11.3 Å². The summed E-state index contributed by atoms with van der Waals surface area (Å²) in [5, 5.41) is 5.07. The molecule has 0 N–H and O–H groups in total. The number of nitrogens with zero attached hydrogens (tertiary/aromatic N) is 5. The smallest absolute Gasteiger partial charge is 0.274 e. The summed E-state index contributed by atoms with van der Waals surface area (Å²) >= 11 is 1.80. The van der Waals surface area contributed by atoms with E-state index < -0.39 is 6.17 Å². The first kappa shape index (κ1) is 24.4. The van der Waals surface area contributed by atoms with E-state index in [4.69, 9.17) is 9.84 Å². The number of ether oxygens (including phenoxy) is 1. The Hall–Kier alpha value is -1.94. The first-order valence-electron chi connectivity index (χ1n) is 13.5. The molecular formula is C27H36FN5O2S. The summed E-state index contributed by atoms with van der Waals surface area (Å²) in [5.41, 5.74) is 4.04. The lowest BCUT2D eigenvalue weighted by Gasteiger charge is -2.36. The quantitative estimate of drug-likeness (QED) is 0.608. The number of hydrogen-bond donors (Lipinski definition) is 0. The van der Waals surface area contributed by atoms with E-state index in [2.05, 4.69) is 38.7 Å². The van der Waals surface area contributed by atoms with Gasteiger partial charge in [0.1, 0.15) is 6.17 Å². The second-order valence-electron chi connectivity index (χ2n) is 10.4. The Morgan fingerprint density at radius 1 is 1.03 bits per heavy atom. The highest BCUT2D eigenvalue weighted by Crippen LogP contribution is 2.44. The van der Waals surface area contributed by atoms with Gasteiger partial charge in [0.15, 0.2) is 5.69 Å². The highest BCUT2D eigenvalue weighted by atomic mass is 32.2. The van der Waals surface area contributed by atoms with E-state index in [0.29, 0.717) is 44.8 Å². The molecule has 36 heavy (non-hydrogen) atoms. The van der Waals surface area contributed by atoms with Gasteiger partial charge in [-0.05, 0) is 38.3 Å². The molecule has 0 bridgehead atoms. The third-order valence-electron chi connectivity index (χ3n) is 8.10. The normalized spacial score (nSPS) is 23.9. The van der Waals surface area contributed by atoms with Crippen molar-refractivity contribution >= 4 is 17.7 Å². The van der Waals surface area contributed by atoms with Crippen LogP contribution >= 0.6 is 11.8 Å². The van der Waals surface area contributed by atoms with Crippen molar-refractivity contribution in [2.45, 2.75) is 48.5 Å². The van der Waals surface area contributed by atoms with Crippen LogP contribution < -0.4 is 0 Å². The Kier molecular flexibility index (Phi) is 7.33. The van der Waals surface area contributed by atoms with Gasteiger partial charge in [0, 0.05) is 67.6 Å². The molecule has 1 amide bonds. The highest BCUT2D eigenvalue weighted by Gasteiger charge is 2.34. The number of carbonyl (C=O) groups excluding carboxylic acids is 1. The maximum atomic E-state index is 13.6. The number of aromatic nitrogens is 2. The molecule has 0 aliphatic carbocycles. The van der Waals surface area contributed by atoms with E-state index in [-0.39, 0.29) is 11.9 Å². The van der Waals surface area contributed by atoms with Crippen molar-refractivity contribution in [2.24, 2.45) is 0 Å². The summed E-state index contributed by atoms with van der Waals surface area (Å²) in [6.07, 6.45) is 2.90. The molecule has 194 valence electrons. The molecule has 3 fully saturated rings. The van der Waals surface area contributed by atoms with Gasteiger partial charge < -0.3 is 14.5 Å². The van der Waals surface area contributed by atoms with Crippen molar-refractivity contribution in [3.05, 3.63) is 35.5 Å². The number of rotatable bonds is 5. The SMILES string of the molecule is O=C(c1nn(C2CCCN(CCN3CCC(F)CC3)C2)c2c1CSc1ccccc1-2)N1CCOCC1. The first-order valence-corrected chi connectivity index (χ1v) is 14.5. The first-order chi connectivity index (χ1) is 17.7. The van der Waals surface area contributed by atoms with E-state index in [1.165, 1.54) is 10.5 Å². The second kappa shape index (κ2) is 10.8. The topological polar surface area (TPSA) is 53.8 Å². The molecule has 2 aromatic rings. The molecule has 4 aliphatic heterocycles. The fourth-order valence-corrected chi connectivity index (χ4v) is 7.09. The molecule has 7 nitrogen and oxygen atoms in total. The molecule has 4 aliphatic rings. The van der Waals surface area contributed by atoms with Gasteiger partial charge in [0.25, 0.3) is 5.91 Å². The average molecular weight is 514 g/mol. The number of thioether (sulfide) groups is 1. The average Bonchev–Trinajstić information content (AvgIpc) is 3.33. The summed E-state index contributed by atoms with van der Waals surface area (Å²) in [6.45, 7) is 8.19. The van der Waals surface area contributed by atoms with Gasteiger partial charge in [0.2, 0.25) is 0 Å². The lowest BCUT2D eigenvalue weighted by molar-refractivity contribution is 0.0297. The van der Waals surface area contributed by atoms with Gasteiger partial charge in [0.05, 0.1) is 24.9 Å². The zero-order valence-corrected chi connectivity index (χ0v) is 21.7. The molecule has 6 rings (SSSR count). The van der Waals surface area contributed by atoms with E-state index in [1.807, 2.05) is 4.90 Å². The molecule has 0 spiro atoms. The Labute approximate surface area is 216 Å². The van der Waals surface area contributed by atoms with Gasteiger partial charge >= 0.3 is 0 Å². The summed E-state index contributed by atoms with van der Waals surface area (Å²) < 4.78 is 21.2. The Balaban J connectivity index is 1.25. The predicted molar refractivity (Wildman–Crippen MR) is 139 cm³/mol. The third kappa shape index (κ3) is 4.95. The number of morpholine rings is 1. The fraction of sp³-hybridized carbons (Fsp3) is 0.630. The van der Waals surface area contributed by atoms with Crippen molar-refractivity contribution in [2.75, 3.05) is 65.6 Å². The van der Waals surface area contributed by atoms with Crippen molar-refractivity contribution < 1.29 is 13.9 Å². The number of alkyl halides is 1. The molecule has 9 heteroatoms. The maximum Gasteiger partial charge on any atom is 0.274 e. The molecule has 5 heterocycles. The molecule has 0 saturated carbocycles. The molecule has 3 saturated heterocycles. The predicted octanol–water partition coefficient (Wildman–Crippen LogP) is 3.70. The number of carbonyl (C=O) groups is 1. The molecule has 1 aromatic carbocycles. The monoisotopic (exact) mass is 513 g/mol. The summed E-state index contributed by atoms with van der Waals surface area (Å²) in [6, 6.07) is 8.77. The fourth-order valence-electron chi connectivity index (χ4n) is 6.02. The van der Waals surface area contributed by atoms with Gasteiger partial charge in [-0.1, -0.05) is 18.2 Å². The summed E-state index contributed by atoms with van der Waals surface area (Å²) in [7, 11) is 0. The van der Waals surface area contributed by atoms with Crippen molar-refractivity contribution in [1.29, 1.82) is 0 Å². The minimum absolute atomic E-state index is 0.0391. The number of benzene rings is 1. The maximum absolute atomic E-state index is 13.6. The molecule has 1 atom stereocenters. The number of hydrogen-bond acceptors (Lipinski definition) is 6. The Bertz CT molecular complexity index is 1080. The minimum atomic E-state index is -0.623. The van der Waals surface area contributed by atoms with E-state index in [9.17, 15) is 9.18 Å². The van der Waals surface area contributed by atoms with Crippen LogP contribution in [0.25, 0.3) is 11.3 Å². The van der Waals surface area contributed by atoms with Gasteiger partial charge in [-0.2, -0.15) is 5.10 Å². The number of likely N-dealkylation sites (tertiary alicyclic amines) is 2. The summed E-state index contributed by atoms with van der Waals surface area (Å²) in [5.74, 6) is 0.816. The minimum Gasteiger partial charge on any atom is -0.378 e. The lowest BCUT2D eigenvalue weighted by Crippen LogP contribution is -2.44. The standard InChI is InChI=1S/C27H36FN5O2S/c28-20-7-10-30(11-8-20)12-13-31-9-3-4-21(18-31)33-26-22-5-1-2-6-24(22)36-19-23(26)25(29-33)27(34)32-14-16-35-17-15-32/h1-2,5-6,20-21H,3-4,7-19H2. The third-order valence-corrected chi connectivity index (χ3v) is 9.20. The van der Waals surface area contributed by atoms with Gasteiger partial charge in [-0.25, -0.2) is 4.39 Å². The zero-order chi connectivity index (χ0) is 24.5. The van der Waals surface area contributed by atoms with Crippen LogP contribution in [0, 0.1) is 0 Å². The van der Waals surface area contributed by atoms with Crippen LogP contribution in [-0.4, -0.2) is 102 Å². The molecule has 1 unspecified atom stereocenters. The van der Waals surface area contributed by atoms with Crippen molar-refractivity contribution in [3.63, 3.8) is 0 Å². The van der Waals surface area contributed by atoms with Crippen LogP contribution in [0.4, 0.5) is 4.39 Å². The van der Waals surface area contributed by atoms with Crippen LogP contribution in [0.1, 0.15) is 47.8 Å². The largest absolute Gasteiger partial charge is 0.378 e. The van der Waals surface area contributed by atoms with Gasteiger partial charge in [-0.15, -0.1) is 11.8 Å². The van der Waals surface area contributed by atoms with Crippen LogP contribution in [-0.2, 0) is 10.5 Å². The van der Waals surface area contributed by atoms with Crippen LogP contribution in [0.3, 0.4) is 0 Å². The number of fused-ring (bicyclic) bond motifs is 3. The highest BCUT2D eigenvalue weighted by molar-refractivity contribution is 7.98. The van der Waals surface area contributed by atoms with Crippen LogP contribution in [0.2, 0.25) is 0 Å². The van der Waals surface area contributed by atoms with Crippen LogP contribution in [0.5, 0.6) is 0 Å². The molecular weight excluding hydrogens is 477 g/mol. The number of piperidine rings is 2. The molecule has 0 radical (unpaired) electrons. The summed E-state index contributed by atoms with van der Waals surface area (Å²) in [4.78, 5) is 21.7. The van der Waals surface area contributed by atoms with Gasteiger partial charge in [-0.3, -0.25) is 14.4 Å². The number of amides is 1. The van der Waals surface area contributed by atoms with Crippen LogP contribution in [0.15, 0.2) is 29.2 Å². The zero-order valence-electron chi connectivity index (χ0n) is 20.9.